The number of nitrogens with zero attached hydrogens (tertiary/aromatic N) is 1. The van der Waals surface area contributed by atoms with E-state index in [9.17, 15) is 9.90 Å². The van der Waals surface area contributed by atoms with Gasteiger partial charge in [-0.15, -0.1) is 0 Å². The zero-order valence-corrected chi connectivity index (χ0v) is 12.1. The summed E-state index contributed by atoms with van der Waals surface area (Å²) < 4.78 is 6.04. The monoisotopic (exact) mass is 285 g/mol. The Bertz CT molecular complexity index is 670. The molecule has 1 saturated heterocycles. The third kappa shape index (κ3) is 1.20. The van der Waals surface area contributed by atoms with Gasteiger partial charge in [0, 0.05) is 23.4 Å². The fourth-order valence-corrected chi connectivity index (χ4v) is 5.52. The number of aromatic hydroxyl groups is 1. The van der Waals surface area contributed by atoms with Crippen molar-refractivity contribution in [3.05, 3.63) is 23.3 Å². The number of phenols is 1. The summed E-state index contributed by atoms with van der Waals surface area (Å²) in [7, 11) is 2.20. The van der Waals surface area contributed by atoms with E-state index in [-0.39, 0.29) is 23.1 Å². The Kier molecular flexibility index (Phi) is 2.07. The standard InChI is InChI=1S/C17H19NO3/c1-18-7-6-17-10-3-5-13(20)16(17)21-15-12(19)4-2-9(14(15)17)8-11(10)18/h2,4,10-11,16,19H,3,5-8H2,1H3/t10-,11?,16-,17?/m0/s1. The summed E-state index contributed by atoms with van der Waals surface area (Å²) in [5.74, 6) is 1.50. The van der Waals surface area contributed by atoms with Crippen LogP contribution in [0.4, 0.5) is 0 Å². The fourth-order valence-electron chi connectivity index (χ4n) is 5.52. The molecule has 1 aromatic rings. The number of ether oxygens (including phenoxy) is 1. The first kappa shape index (κ1) is 12.0. The first-order valence-electron chi connectivity index (χ1n) is 7.88. The molecule has 0 radical (unpaired) electrons. The van der Waals surface area contributed by atoms with Crippen LogP contribution in [0.15, 0.2) is 12.1 Å². The number of Topliss-reactive ketones (excluding diaryl/α,β-unsaturated/α-hetero) is 1. The maximum absolute atomic E-state index is 12.5. The number of ketones is 1. The van der Waals surface area contributed by atoms with Crippen molar-refractivity contribution >= 4 is 5.78 Å². The molecule has 1 aromatic carbocycles. The largest absolute Gasteiger partial charge is 0.504 e. The van der Waals surface area contributed by atoms with Crippen LogP contribution in [0.5, 0.6) is 11.5 Å². The van der Waals surface area contributed by atoms with E-state index in [1.165, 1.54) is 5.56 Å². The van der Waals surface area contributed by atoms with Gasteiger partial charge in [0.1, 0.15) is 0 Å². The Morgan fingerprint density at radius 1 is 1.43 bits per heavy atom. The molecule has 4 atom stereocenters. The van der Waals surface area contributed by atoms with E-state index in [1.54, 1.807) is 6.07 Å². The van der Waals surface area contributed by atoms with Gasteiger partial charge in [0.25, 0.3) is 0 Å². The number of benzene rings is 1. The van der Waals surface area contributed by atoms with Crippen LogP contribution >= 0.6 is 0 Å². The average Bonchev–Trinajstić information content (AvgIpc) is 2.83. The van der Waals surface area contributed by atoms with Crippen LogP contribution in [-0.4, -0.2) is 41.5 Å². The lowest BCUT2D eigenvalue weighted by molar-refractivity contribution is -0.138. The highest BCUT2D eigenvalue weighted by atomic mass is 16.5. The van der Waals surface area contributed by atoms with Gasteiger partial charge in [0.2, 0.25) is 0 Å². The van der Waals surface area contributed by atoms with Gasteiger partial charge in [-0.2, -0.15) is 0 Å². The van der Waals surface area contributed by atoms with Gasteiger partial charge in [-0.3, -0.25) is 4.79 Å². The number of likely N-dealkylation sites (N-methyl/N-ethyl adjacent to an activating group) is 1. The smallest absolute Gasteiger partial charge is 0.174 e. The molecule has 2 aliphatic heterocycles. The Morgan fingerprint density at radius 2 is 2.29 bits per heavy atom. The summed E-state index contributed by atoms with van der Waals surface area (Å²) in [6, 6.07) is 4.26. The van der Waals surface area contributed by atoms with E-state index in [1.807, 2.05) is 6.07 Å². The van der Waals surface area contributed by atoms with Gasteiger partial charge in [0.15, 0.2) is 23.4 Å². The number of carbonyl (C=O) groups is 1. The topological polar surface area (TPSA) is 49.8 Å². The SMILES string of the molecule is CN1CCC23c4c5ccc(O)c4O[C@H]2C(=O)CC[C@H]3C1C5. The fraction of sp³-hybridized carbons (Fsp3) is 0.588. The van der Waals surface area contributed by atoms with Crippen molar-refractivity contribution in [2.45, 2.75) is 43.2 Å². The molecule has 4 heteroatoms. The molecule has 0 aromatic heterocycles. The Balaban J connectivity index is 1.83. The van der Waals surface area contributed by atoms with Crippen LogP contribution in [-0.2, 0) is 16.6 Å². The van der Waals surface area contributed by atoms with Crippen molar-refractivity contribution in [2.75, 3.05) is 13.6 Å². The van der Waals surface area contributed by atoms with E-state index < -0.39 is 0 Å². The number of phenolic OH excluding ortho intramolecular Hbond substituents is 1. The summed E-state index contributed by atoms with van der Waals surface area (Å²) in [6.07, 6.45) is 3.18. The van der Waals surface area contributed by atoms with E-state index >= 15 is 0 Å². The summed E-state index contributed by atoms with van der Waals surface area (Å²) in [5, 5.41) is 10.2. The van der Waals surface area contributed by atoms with Gasteiger partial charge < -0.3 is 14.7 Å². The first-order valence-corrected chi connectivity index (χ1v) is 7.88. The number of carbonyl (C=O) groups excluding carboxylic acids is 1. The Labute approximate surface area is 123 Å². The highest BCUT2D eigenvalue weighted by Crippen LogP contribution is 2.62. The maximum atomic E-state index is 12.5. The molecule has 2 fully saturated rings. The quantitative estimate of drug-likeness (QED) is 0.787. The normalized spacial score (nSPS) is 39.9. The van der Waals surface area contributed by atoms with Crippen molar-refractivity contribution in [3.63, 3.8) is 0 Å². The minimum atomic E-state index is -0.366. The van der Waals surface area contributed by atoms with Crippen LogP contribution in [0.1, 0.15) is 30.4 Å². The van der Waals surface area contributed by atoms with Crippen LogP contribution in [0.2, 0.25) is 0 Å². The van der Waals surface area contributed by atoms with Gasteiger partial charge in [-0.05, 0) is 50.4 Å². The summed E-state index contributed by atoms with van der Waals surface area (Å²) in [5.41, 5.74) is 2.26. The molecule has 21 heavy (non-hydrogen) atoms. The second kappa shape index (κ2) is 3.61. The summed E-state index contributed by atoms with van der Waals surface area (Å²) in [6.45, 7) is 1.00. The number of hydrogen-bond donors (Lipinski definition) is 1. The van der Waals surface area contributed by atoms with Crippen molar-refractivity contribution in [2.24, 2.45) is 5.92 Å². The van der Waals surface area contributed by atoms with Gasteiger partial charge in [-0.1, -0.05) is 6.07 Å². The third-order valence-electron chi connectivity index (χ3n) is 6.39. The van der Waals surface area contributed by atoms with E-state index in [2.05, 4.69) is 11.9 Å². The number of likely N-dealkylation sites (tertiary alicyclic amines) is 1. The Morgan fingerprint density at radius 3 is 3.14 bits per heavy atom. The zero-order chi connectivity index (χ0) is 14.4. The lowest BCUT2D eigenvalue weighted by atomic mass is 9.52. The molecule has 2 aliphatic carbocycles. The van der Waals surface area contributed by atoms with E-state index in [0.717, 1.165) is 31.4 Å². The highest BCUT2D eigenvalue weighted by Gasteiger charge is 2.65. The molecular formula is C17H19NO3. The maximum Gasteiger partial charge on any atom is 0.174 e. The summed E-state index contributed by atoms with van der Waals surface area (Å²) >= 11 is 0. The van der Waals surface area contributed by atoms with Crippen molar-refractivity contribution < 1.29 is 14.6 Å². The van der Waals surface area contributed by atoms with Crippen molar-refractivity contribution in [1.82, 2.24) is 4.90 Å². The Hall–Kier alpha value is -1.55. The van der Waals surface area contributed by atoms with Gasteiger partial charge in [0.05, 0.1) is 0 Å². The minimum absolute atomic E-state index is 0.172. The van der Waals surface area contributed by atoms with Crippen LogP contribution < -0.4 is 4.74 Å². The molecule has 2 unspecified atom stereocenters. The molecule has 2 heterocycles. The van der Waals surface area contributed by atoms with E-state index in [4.69, 9.17) is 4.74 Å². The molecule has 110 valence electrons. The molecule has 0 amide bonds. The van der Waals surface area contributed by atoms with E-state index in [0.29, 0.717) is 24.1 Å². The lowest BCUT2D eigenvalue weighted by Crippen LogP contribution is -2.65. The molecule has 5 rings (SSSR count). The second-order valence-electron chi connectivity index (χ2n) is 7.10. The molecule has 1 saturated carbocycles. The molecule has 2 bridgehead atoms. The molecule has 1 spiro atoms. The molecular weight excluding hydrogens is 266 g/mol. The van der Waals surface area contributed by atoms with Crippen molar-refractivity contribution in [3.8, 4) is 11.5 Å². The summed E-state index contributed by atoms with van der Waals surface area (Å²) in [4.78, 5) is 14.9. The number of hydrogen-bond acceptors (Lipinski definition) is 4. The molecule has 1 N–H and O–H groups in total. The van der Waals surface area contributed by atoms with Gasteiger partial charge in [-0.25, -0.2) is 0 Å². The predicted octanol–water partition coefficient (Wildman–Crippen LogP) is 1.63. The number of rotatable bonds is 0. The van der Waals surface area contributed by atoms with Crippen LogP contribution in [0, 0.1) is 5.92 Å². The third-order valence-corrected chi connectivity index (χ3v) is 6.39. The lowest BCUT2D eigenvalue weighted by Gasteiger charge is -2.57. The van der Waals surface area contributed by atoms with Gasteiger partial charge >= 0.3 is 0 Å². The van der Waals surface area contributed by atoms with Crippen LogP contribution in [0.25, 0.3) is 0 Å². The second-order valence-corrected chi connectivity index (χ2v) is 7.10. The van der Waals surface area contributed by atoms with Crippen LogP contribution in [0.3, 0.4) is 0 Å². The minimum Gasteiger partial charge on any atom is -0.504 e. The number of piperidine rings is 1. The van der Waals surface area contributed by atoms with Crippen molar-refractivity contribution in [1.29, 1.82) is 0 Å². The molecule has 4 aliphatic rings. The average molecular weight is 285 g/mol. The zero-order valence-electron chi connectivity index (χ0n) is 12.1. The molecule has 4 nitrogen and oxygen atoms in total. The predicted molar refractivity (Wildman–Crippen MR) is 76.7 cm³/mol. The highest BCUT2D eigenvalue weighted by molar-refractivity contribution is 5.89. The first-order chi connectivity index (χ1) is 10.1.